The Morgan fingerprint density at radius 3 is 2.67 bits per heavy atom. The van der Waals surface area contributed by atoms with Crippen molar-refractivity contribution >= 4 is 17.2 Å². The smallest absolute Gasteiger partial charge is 0.220 e. The molecule has 1 amide bonds. The number of benzene rings is 1. The third kappa shape index (κ3) is 4.26. The zero-order chi connectivity index (χ0) is 16.8. The number of hydrogen-bond acceptors (Lipinski definition) is 4. The van der Waals surface area contributed by atoms with Gasteiger partial charge in [-0.3, -0.25) is 9.78 Å². The van der Waals surface area contributed by atoms with Crippen LogP contribution in [-0.4, -0.2) is 15.9 Å². The molecule has 3 aromatic rings. The number of hydrogen-bond donors (Lipinski definition) is 1. The summed E-state index contributed by atoms with van der Waals surface area (Å²) in [5, 5.41) is 6.01. The summed E-state index contributed by atoms with van der Waals surface area (Å²) in [5.41, 5.74) is 3.12. The van der Waals surface area contributed by atoms with Gasteiger partial charge in [-0.25, -0.2) is 4.98 Å². The molecule has 1 N–H and O–H groups in total. The van der Waals surface area contributed by atoms with Crippen LogP contribution in [0.25, 0.3) is 10.6 Å². The maximum atomic E-state index is 12.1. The number of nitrogens with one attached hydrogen (secondary N) is 1. The van der Waals surface area contributed by atoms with E-state index in [2.05, 4.69) is 15.3 Å². The second-order valence-electron chi connectivity index (χ2n) is 5.58. The van der Waals surface area contributed by atoms with Crippen LogP contribution in [0.15, 0.2) is 60.2 Å². The van der Waals surface area contributed by atoms with Crippen molar-refractivity contribution in [2.75, 3.05) is 0 Å². The Balaban J connectivity index is 1.53. The molecule has 2 aromatic heterocycles. The van der Waals surface area contributed by atoms with E-state index in [0.29, 0.717) is 12.8 Å². The molecule has 0 bridgehead atoms. The van der Waals surface area contributed by atoms with Gasteiger partial charge in [-0.05, 0) is 31.0 Å². The van der Waals surface area contributed by atoms with Crippen LogP contribution < -0.4 is 5.32 Å². The highest BCUT2D eigenvalue weighted by atomic mass is 32.1. The molecule has 1 unspecified atom stereocenters. The van der Waals surface area contributed by atoms with Crippen LogP contribution in [0.1, 0.15) is 30.6 Å². The number of aryl methyl sites for hydroxylation is 1. The van der Waals surface area contributed by atoms with Gasteiger partial charge in [0, 0.05) is 29.8 Å². The Labute approximate surface area is 145 Å². The molecule has 1 aromatic carbocycles. The first kappa shape index (κ1) is 16.3. The number of carbonyl (C=O) groups excluding carboxylic acids is 1. The van der Waals surface area contributed by atoms with Crippen molar-refractivity contribution in [1.82, 2.24) is 15.3 Å². The summed E-state index contributed by atoms with van der Waals surface area (Å²) in [7, 11) is 0. The van der Waals surface area contributed by atoms with Crippen molar-refractivity contribution in [3.05, 3.63) is 71.5 Å². The van der Waals surface area contributed by atoms with E-state index in [1.165, 1.54) is 0 Å². The average Bonchev–Trinajstić information content (AvgIpc) is 3.10. The number of aromatic nitrogens is 2. The second kappa shape index (κ2) is 7.84. The SMILES string of the molecule is CC(NC(=O)CCc1csc(-c2ccncc2)n1)c1ccccc1. The molecule has 2 heterocycles. The Hall–Kier alpha value is -2.53. The van der Waals surface area contributed by atoms with Crippen LogP contribution in [0.5, 0.6) is 0 Å². The number of rotatable bonds is 6. The van der Waals surface area contributed by atoms with Crippen molar-refractivity contribution in [2.24, 2.45) is 0 Å². The Kier molecular flexibility index (Phi) is 5.33. The molecule has 3 rings (SSSR count). The van der Waals surface area contributed by atoms with E-state index in [1.54, 1.807) is 23.7 Å². The van der Waals surface area contributed by atoms with Crippen molar-refractivity contribution in [1.29, 1.82) is 0 Å². The first-order valence-electron chi connectivity index (χ1n) is 7.91. The van der Waals surface area contributed by atoms with Crippen LogP contribution >= 0.6 is 11.3 Å². The molecule has 0 aliphatic heterocycles. The largest absolute Gasteiger partial charge is 0.350 e. The van der Waals surface area contributed by atoms with Gasteiger partial charge in [0.05, 0.1) is 11.7 Å². The summed E-state index contributed by atoms with van der Waals surface area (Å²) in [6.07, 6.45) is 4.61. The summed E-state index contributed by atoms with van der Waals surface area (Å²) in [5.74, 6) is 0.0461. The summed E-state index contributed by atoms with van der Waals surface area (Å²) in [4.78, 5) is 20.7. The van der Waals surface area contributed by atoms with Crippen LogP contribution in [0.3, 0.4) is 0 Å². The first-order chi connectivity index (χ1) is 11.7. The number of amides is 1. The predicted molar refractivity (Wildman–Crippen MR) is 96.7 cm³/mol. The van der Waals surface area contributed by atoms with Gasteiger partial charge >= 0.3 is 0 Å². The van der Waals surface area contributed by atoms with Crippen molar-refractivity contribution in [2.45, 2.75) is 25.8 Å². The zero-order valence-corrected chi connectivity index (χ0v) is 14.3. The van der Waals surface area contributed by atoms with Crippen LogP contribution in [0.4, 0.5) is 0 Å². The van der Waals surface area contributed by atoms with Gasteiger partial charge in [0.15, 0.2) is 0 Å². The highest BCUT2D eigenvalue weighted by Gasteiger charge is 2.11. The minimum absolute atomic E-state index is 0.0153. The lowest BCUT2D eigenvalue weighted by atomic mass is 10.1. The third-order valence-corrected chi connectivity index (χ3v) is 4.70. The topological polar surface area (TPSA) is 54.9 Å². The lowest BCUT2D eigenvalue weighted by molar-refractivity contribution is -0.121. The van der Waals surface area contributed by atoms with Gasteiger partial charge in [0.25, 0.3) is 0 Å². The van der Waals surface area contributed by atoms with E-state index < -0.39 is 0 Å². The molecule has 0 aliphatic rings. The Morgan fingerprint density at radius 2 is 1.92 bits per heavy atom. The molecule has 122 valence electrons. The molecule has 0 saturated carbocycles. The maximum Gasteiger partial charge on any atom is 0.220 e. The average molecular weight is 337 g/mol. The van der Waals surface area contributed by atoms with Gasteiger partial charge in [0.2, 0.25) is 5.91 Å². The van der Waals surface area contributed by atoms with Crippen LogP contribution in [0.2, 0.25) is 0 Å². The monoisotopic (exact) mass is 337 g/mol. The highest BCUT2D eigenvalue weighted by Crippen LogP contribution is 2.23. The molecule has 5 heteroatoms. The lowest BCUT2D eigenvalue weighted by Gasteiger charge is -2.13. The molecular weight excluding hydrogens is 318 g/mol. The van der Waals surface area contributed by atoms with E-state index >= 15 is 0 Å². The molecule has 0 fully saturated rings. The van der Waals surface area contributed by atoms with Gasteiger partial charge in [-0.2, -0.15) is 0 Å². The molecule has 0 radical (unpaired) electrons. The van der Waals surface area contributed by atoms with Gasteiger partial charge in [0.1, 0.15) is 5.01 Å². The standard InChI is InChI=1S/C19H19N3OS/c1-14(15-5-3-2-4-6-15)21-18(23)8-7-17-13-24-19(22-17)16-9-11-20-12-10-16/h2-6,9-14H,7-8H2,1H3,(H,21,23). The van der Waals surface area contributed by atoms with Crippen LogP contribution in [0, 0.1) is 0 Å². The van der Waals surface area contributed by atoms with Crippen LogP contribution in [-0.2, 0) is 11.2 Å². The number of nitrogens with zero attached hydrogens (tertiary/aromatic N) is 2. The van der Waals surface area contributed by atoms with E-state index in [4.69, 9.17) is 0 Å². The van der Waals surface area contributed by atoms with Crippen molar-refractivity contribution in [3.63, 3.8) is 0 Å². The zero-order valence-electron chi connectivity index (χ0n) is 13.5. The number of pyridine rings is 1. The lowest BCUT2D eigenvalue weighted by Crippen LogP contribution is -2.26. The fourth-order valence-corrected chi connectivity index (χ4v) is 3.29. The summed E-state index contributed by atoms with van der Waals surface area (Å²) in [6, 6.07) is 13.9. The molecule has 24 heavy (non-hydrogen) atoms. The van der Waals surface area contributed by atoms with E-state index in [9.17, 15) is 4.79 Å². The fourth-order valence-electron chi connectivity index (χ4n) is 2.43. The summed E-state index contributed by atoms with van der Waals surface area (Å²) in [6.45, 7) is 2.00. The number of thiazole rings is 1. The molecule has 0 aliphatic carbocycles. The maximum absolute atomic E-state index is 12.1. The van der Waals surface area contributed by atoms with Crippen molar-refractivity contribution < 1.29 is 4.79 Å². The fraction of sp³-hybridized carbons (Fsp3) is 0.211. The Morgan fingerprint density at radius 1 is 1.17 bits per heavy atom. The molecule has 0 saturated heterocycles. The Bertz CT molecular complexity index is 787. The van der Waals surface area contributed by atoms with E-state index in [1.807, 2.05) is 54.8 Å². The van der Waals surface area contributed by atoms with Gasteiger partial charge < -0.3 is 5.32 Å². The third-order valence-electron chi connectivity index (χ3n) is 3.76. The predicted octanol–water partition coefficient (Wildman–Crippen LogP) is 4.02. The highest BCUT2D eigenvalue weighted by molar-refractivity contribution is 7.13. The molecule has 4 nitrogen and oxygen atoms in total. The molecule has 1 atom stereocenters. The van der Waals surface area contributed by atoms with E-state index in [-0.39, 0.29) is 11.9 Å². The van der Waals surface area contributed by atoms with Crippen molar-refractivity contribution in [3.8, 4) is 10.6 Å². The summed E-state index contributed by atoms with van der Waals surface area (Å²) < 4.78 is 0. The van der Waals surface area contributed by atoms with Gasteiger partial charge in [-0.1, -0.05) is 30.3 Å². The minimum Gasteiger partial charge on any atom is -0.350 e. The van der Waals surface area contributed by atoms with E-state index in [0.717, 1.165) is 21.8 Å². The number of carbonyl (C=O) groups is 1. The quantitative estimate of drug-likeness (QED) is 0.739. The summed E-state index contributed by atoms with van der Waals surface area (Å²) >= 11 is 1.59. The molecule has 0 spiro atoms. The minimum atomic E-state index is 0.0153. The van der Waals surface area contributed by atoms with Gasteiger partial charge in [-0.15, -0.1) is 11.3 Å². The first-order valence-corrected chi connectivity index (χ1v) is 8.79. The second-order valence-corrected chi connectivity index (χ2v) is 6.44. The molecular formula is C19H19N3OS. The normalized spacial score (nSPS) is 11.9.